The van der Waals surface area contributed by atoms with Crippen molar-refractivity contribution in [1.29, 1.82) is 0 Å². The first-order chi connectivity index (χ1) is 13.9. The molecule has 2 aromatic carbocycles. The second-order valence-corrected chi connectivity index (χ2v) is 6.94. The second kappa shape index (κ2) is 8.82. The summed E-state index contributed by atoms with van der Waals surface area (Å²) < 4.78 is 22.0. The van der Waals surface area contributed by atoms with Gasteiger partial charge in [-0.15, -0.1) is 0 Å². The Morgan fingerprint density at radius 1 is 1.07 bits per heavy atom. The van der Waals surface area contributed by atoms with Crippen LogP contribution in [0.15, 0.2) is 51.9 Å². The summed E-state index contributed by atoms with van der Waals surface area (Å²) in [5.74, 6) is 0.649. The van der Waals surface area contributed by atoms with Gasteiger partial charge in [0.05, 0.1) is 12.0 Å². The molecule has 1 aromatic heterocycles. The monoisotopic (exact) mass is 396 g/mol. The van der Waals surface area contributed by atoms with E-state index in [1.807, 2.05) is 39.0 Å². The van der Waals surface area contributed by atoms with E-state index in [4.69, 9.17) is 18.6 Å². The molecule has 0 unspecified atom stereocenters. The molecule has 0 aliphatic rings. The SMILES string of the molecule is CCCOC(=O)[C@H](C)Oc1ccc2c(=O)c(Oc3cc(C)cc(C)c3)coc2c1. The Kier molecular flexibility index (Phi) is 6.22. The van der Waals surface area contributed by atoms with Crippen LogP contribution in [0.4, 0.5) is 0 Å². The van der Waals surface area contributed by atoms with Crippen molar-refractivity contribution in [3.8, 4) is 17.2 Å². The summed E-state index contributed by atoms with van der Waals surface area (Å²) in [4.78, 5) is 24.6. The smallest absolute Gasteiger partial charge is 0.347 e. The lowest BCUT2D eigenvalue weighted by molar-refractivity contribution is -0.151. The van der Waals surface area contributed by atoms with Crippen molar-refractivity contribution in [2.75, 3.05) is 6.61 Å². The number of esters is 1. The third kappa shape index (κ3) is 4.96. The van der Waals surface area contributed by atoms with Crippen LogP contribution in [0, 0.1) is 13.8 Å². The van der Waals surface area contributed by atoms with Crippen LogP contribution in [0.1, 0.15) is 31.4 Å². The van der Waals surface area contributed by atoms with Crippen LogP contribution in [0.25, 0.3) is 11.0 Å². The normalized spacial score (nSPS) is 11.9. The molecule has 0 saturated heterocycles. The molecular formula is C23H24O6. The molecule has 3 rings (SSSR count). The van der Waals surface area contributed by atoms with Crippen molar-refractivity contribution in [2.24, 2.45) is 0 Å². The summed E-state index contributed by atoms with van der Waals surface area (Å²) in [6.07, 6.45) is 1.26. The zero-order valence-electron chi connectivity index (χ0n) is 17.0. The lowest BCUT2D eigenvalue weighted by Crippen LogP contribution is -2.26. The Morgan fingerprint density at radius 2 is 1.79 bits per heavy atom. The number of hydrogen-bond acceptors (Lipinski definition) is 6. The number of hydrogen-bond donors (Lipinski definition) is 0. The highest BCUT2D eigenvalue weighted by atomic mass is 16.6. The number of fused-ring (bicyclic) bond motifs is 1. The Balaban J connectivity index is 1.82. The molecule has 0 aliphatic carbocycles. The van der Waals surface area contributed by atoms with E-state index in [1.165, 1.54) is 6.26 Å². The maximum absolute atomic E-state index is 12.8. The fourth-order valence-electron chi connectivity index (χ4n) is 2.93. The van der Waals surface area contributed by atoms with Crippen LogP contribution >= 0.6 is 0 Å². The number of carbonyl (C=O) groups excluding carboxylic acids is 1. The third-order valence-corrected chi connectivity index (χ3v) is 4.23. The third-order valence-electron chi connectivity index (χ3n) is 4.23. The van der Waals surface area contributed by atoms with Gasteiger partial charge in [0.15, 0.2) is 6.10 Å². The van der Waals surface area contributed by atoms with Gasteiger partial charge in [-0.3, -0.25) is 4.79 Å². The van der Waals surface area contributed by atoms with E-state index in [0.717, 1.165) is 17.5 Å². The molecule has 0 bridgehead atoms. The molecule has 29 heavy (non-hydrogen) atoms. The molecule has 0 aliphatic heterocycles. The van der Waals surface area contributed by atoms with Crippen LogP contribution in [-0.2, 0) is 9.53 Å². The van der Waals surface area contributed by atoms with E-state index in [2.05, 4.69) is 0 Å². The Morgan fingerprint density at radius 3 is 2.48 bits per heavy atom. The van der Waals surface area contributed by atoms with E-state index in [-0.39, 0.29) is 11.2 Å². The minimum atomic E-state index is -0.766. The lowest BCUT2D eigenvalue weighted by Gasteiger charge is -2.14. The predicted molar refractivity (Wildman–Crippen MR) is 110 cm³/mol. The van der Waals surface area contributed by atoms with Crippen molar-refractivity contribution in [1.82, 2.24) is 0 Å². The molecule has 6 heteroatoms. The predicted octanol–water partition coefficient (Wildman–Crippen LogP) is 4.92. The summed E-state index contributed by atoms with van der Waals surface area (Å²) in [6, 6.07) is 10.5. The van der Waals surface area contributed by atoms with Crippen LogP contribution in [0.5, 0.6) is 17.2 Å². The first-order valence-corrected chi connectivity index (χ1v) is 9.52. The minimum Gasteiger partial charge on any atom is -0.479 e. The molecule has 0 fully saturated rings. The number of benzene rings is 2. The van der Waals surface area contributed by atoms with Gasteiger partial charge in [-0.1, -0.05) is 13.0 Å². The molecule has 1 heterocycles. The fourth-order valence-corrected chi connectivity index (χ4v) is 2.93. The van der Waals surface area contributed by atoms with Gasteiger partial charge in [0.1, 0.15) is 23.3 Å². The van der Waals surface area contributed by atoms with E-state index < -0.39 is 12.1 Å². The quantitative estimate of drug-likeness (QED) is 0.528. The molecule has 0 saturated carbocycles. The van der Waals surface area contributed by atoms with Crippen molar-refractivity contribution in [3.05, 3.63) is 64.0 Å². The fraction of sp³-hybridized carbons (Fsp3) is 0.304. The van der Waals surface area contributed by atoms with Crippen LogP contribution in [0.2, 0.25) is 0 Å². The van der Waals surface area contributed by atoms with Gasteiger partial charge < -0.3 is 18.6 Å². The van der Waals surface area contributed by atoms with Crippen LogP contribution < -0.4 is 14.9 Å². The summed E-state index contributed by atoms with van der Waals surface area (Å²) in [7, 11) is 0. The molecule has 1 atom stereocenters. The van der Waals surface area contributed by atoms with Crippen molar-refractivity contribution in [3.63, 3.8) is 0 Å². The van der Waals surface area contributed by atoms with Crippen LogP contribution in [0.3, 0.4) is 0 Å². The van der Waals surface area contributed by atoms with Gasteiger partial charge in [-0.05, 0) is 62.6 Å². The number of ether oxygens (including phenoxy) is 3. The maximum Gasteiger partial charge on any atom is 0.347 e. The maximum atomic E-state index is 12.8. The summed E-state index contributed by atoms with van der Waals surface area (Å²) in [6.45, 7) is 7.80. The van der Waals surface area contributed by atoms with Crippen molar-refractivity contribution in [2.45, 2.75) is 40.2 Å². The first kappa shape index (κ1) is 20.5. The lowest BCUT2D eigenvalue weighted by atomic mass is 10.1. The van der Waals surface area contributed by atoms with Gasteiger partial charge in [-0.25, -0.2) is 4.79 Å². The molecule has 0 radical (unpaired) electrons. The Labute approximate surface area is 169 Å². The average Bonchev–Trinajstić information content (AvgIpc) is 2.67. The molecule has 6 nitrogen and oxygen atoms in total. The Hall–Kier alpha value is -3.28. The van der Waals surface area contributed by atoms with E-state index in [1.54, 1.807) is 25.1 Å². The van der Waals surface area contributed by atoms with Gasteiger partial charge in [0.25, 0.3) is 0 Å². The molecular weight excluding hydrogens is 372 g/mol. The molecule has 0 spiro atoms. The van der Waals surface area contributed by atoms with E-state index in [0.29, 0.717) is 29.1 Å². The largest absolute Gasteiger partial charge is 0.479 e. The highest BCUT2D eigenvalue weighted by Crippen LogP contribution is 2.25. The Bertz CT molecular complexity index is 1060. The minimum absolute atomic E-state index is 0.104. The van der Waals surface area contributed by atoms with Crippen molar-refractivity contribution >= 4 is 16.9 Å². The molecule has 0 N–H and O–H groups in total. The molecule has 152 valence electrons. The van der Waals surface area contributed by atoms with Crippen molar-refractivity contribution < 1.29 is 23.4 Å². The number of rotatable bonds is 7. The standard InChI is InChI=1S/C23H24O6/c1-5-8-26-23(25)16(4)28-17-6-7-19-20(12-17)27-13-21(22(19)24)29-18-10-14(2)9-15(3)11-18/h6-7,9-13,16H,5,8H2,1-4H3/t16-/m0/s1. The topological polar surface area (TPSA) is 75.0 Å². The van der Waals surface area contributed by atoms with E-state index >= 15 is 0 Å². The van der Waals surface area contributed by atoms with E-state index in [9.17, 15) is 9.59 Å². The molecule has 3 aromatic rings. The highest BCUT2D eigenvalue weighted by molar-refractivity contribution is 5.79. The van der Waals surface area contributed by atoms with Gasteiger partial charge in [-0.2, -0.15) is 0 Å². The van der Waals surface area contributed by atoms with Gasteiger partial charge in [0, 0.05) is 6.07 Å². The first-order valence-electron chi connectivity index (χ1n) is 9.52. The summed E-state index contributed by atoms with van der Waals surface area (Å²) >= 11 is 0. The van der Waals surface area contributed by atoms with Gasteiger partial charge in [0.2, 0.25) is 11.2 Å². The average molecular weight is 396 g/mol. The molecule has 0 amide bonds. The number of carbonyl (C=O) groups is 1. The zero-order valence-corrected chi connectivity index (χ0v) is 17.0. The summed E-state index contributed by atoms with van der Waals surface area (Å²) in [5, 5.41) is 0.362. The second-order valence-electron chi connectivity index (χ2n) is 6.94. The number of aryl methyl sites for hydroxylation is 2. The zero-order chi connectivity index (χ0) is 21.0. The van der Waals surface area contributed by atoms with Gasteiger partial charge >= 0.3 is 5.97 Å². The van der Waals surface area contributed by atoms with Crippen LogP contribution in [-0.4, -0.2) is 18.7 Å². The highest BCUT2D eigenvalue weighted by Gasteiger charge is 2.17. The summed E-state index contributed by atoms with van der Waals surface area (Å²) in [5.41, 5.74) is 2.14.